The Morgan fingerprint density at radius 3 is 2.11 bits per heavy atom. The summed E-state index contributed by atoms with van der Waals surface area (Å²) in [4.78, 5) is 0. The van der Waals surface area contributed by atoms with Gasteiger partial charge in [-0.2, -0.15) is 4.39 Å². The van der Waals surface area contributed by atoms with E-state index in [1.54, 1.807) is 6.92 Å². The van der Waals surface area contributed by atoms with E-state index in [0.29, 0.717) is 5.57 Å². The molecule has 2 nitrogen and oxygen atoms in total. The third-order valence-corrected chi connectivity index (χ3v) is 1.31. The van der Waals surface area contributed by atoms with Gasteiger partial charge >= 0.3 is 0 Å². The van der Waals surface area contributed by atoms with Crippen LogP contribution in [0.5, 0.6) is 0 Å². The van der Waals surface area contributed by atoms with Crippen molar-refractivity contribution in [3.05, 3.63) is 11.6 Å². The lowest BCUT2D eigenvalue weighted by atomic mass is 10.3. The van der Waals surface area contributed by atoms with Crippen LogP contribution in [-0.4, -0.2) is 10.6 Å². The molecule has 0 spiro atoms. The van der Waals surface area contributed by atoms with E-state index in [1.165, 1.54) is 0 Å². The van der Waals surface area contributed by atoms with Gasteiger partial charge in [-0.1, -0.05) is 0 Å². The molecule has 0 heterocycles. The SMILES string of the molecule is C/C(=C/C(=N)F)C(=N)Br. The van der Waals surface area contributed by atoms with Gasteiger partial charge in [-0.25, -0.2) is 0 Å². The van der Waals surface area contributed by atoms with E-state index in [0.717, 1.165) is 6.08 Å². The lowest BCUT2D eigenvalue weighted by molar-refractivity contribution is 0.803. The van der Waals surface area contributed by atoms with Gasteiger partial charge in [0.05, 0.1) is 4.62 Å². The molecule has 0 fully saturated rings. The van der Waals surface area contributed by atoms with E-state index in [9.17, 15) is 4.39 Å². The maximum absolute atomic E-state index is 11.7. The van der Waals surface area contributed by atoms with Crippen molar-refractivity contribution in [3.63, 3.8) is 0 Å². The van der Waals surface area contributed by atoms with Crippen LogP contribution in [0.4, 0.5) is 4.39 Å². The van der Waals surface area contributed by atoms with Crippen molar-refractivity contribution in [1.82, 2.24) is 0 Å². The maximum atomic E-state index is 11.7. The van der Waals surface area contributed by atoms with Gasteiger partial charge in [0.15, 0.2) is 0 Å². The van der Waals surface area contributed by atoms with Gasteiger partial charge in [-0.15, -0.1) is 0 Å². The zero-order valence-electron chi connectivity index (χ0n) is 4.83. The lowest BCUT2D eigenvalue weighted by Gasteiger charge is -1.89. The molecule has 0 bridgehead atoms. The summed E-state index contributed by atoms with van der Waals surface area (Å²) in [6.45, 7) is 1.55. The zero-order chi connectivity index (χ0) is 7.44. The molecule has 0 aromatic heterocycles. The highest BCUT2D eigenvalue weighted by Crippen LogP contribution is 2.01. The largest absolute Gasteiger partial charge is 0.293 e. The first-order chi connectivity index (χ1) is 4.04. The molecule has 0 saturated heterocycles. The summed E-state index contributed by atoms with van der Waals surface area (Å²) in [6, 6.07) is 0. The summed E-state index contributed by atoms with van der Waals surface area (Å²) in [7, 11) is 0. The van der Waals surface area contributed by atoms with Gasteiger partial charge in [-0.3, -0.25) is 10.8 Å². The van der Waals surface area contributed by atoms with Gasteiger partial charge < -0.3 is 0 Å². The molecule has 0 aromatic carbocycles. The Hall–Kier alpha value is -0.510. The Kier molecular flexibility index (Phi) is 3.30. The molecule has 0 unspecified atom stereocenters. The molecule has 4 heteroatoms. The molecule has 0 aliphatic heterocycles. The number of hydrogen-bond donors (Lipinski definition) is 2. The summed E-state index contributed by atoms with van der Waals surface area (Å²) < 4.78 is 11.8. The average Bonchev–Trinajstić information content (AvgIpc) is 1.63. The average molecular weight is 193 g/mol. The van der Waals surface area contributed by atoms with Crippen LogP contribution in [0.15, 0.2) is 11.6 Å². The van der Waals surface area contributed by atoms with Crippen molar-refractivity contribution in [2.24, 2.45) is 0 Å². The second kappa shape index (κ2) is 3.50. The number of rotatable bonds is 2. The molecule has 0 aliphatic rings. The van der Waals surface area contributed by atoms with Gasteiger partial charge in [0.2, 0.25) is 5.97 Å². The molecule has 0 amide bonds. The predicted octanol–water partition coefficient (Wildman–Crippen LogP) is 2.25. The van der Waals surface area contributed by atoms with Crippen LogP contribution < -0.4 is 0 Å². The first kappa shape index (κ1) is 8.49. The Balaban J connectivity index is 4.17. The topological polar surface area (TPSA) is 47.7 Å². The van der Waals surface area contributed by atoms with E-state index in [2.05, 4.69) is 15.9 Å². The van der Waals surface area contributed by atoms with E-state index in [-0.39, 0.29) is 4.62 Å². The molecule has 0 saturated carbocycles. The molecule has 0 aromatic rings. The van der Waals surface area contributed by atoms with Crippen LogP contribution in [0.2, 0.25) is 0 Å². The van der Waals surface area contributed by atoms with Crippen LogP contribution in [-0.2, 0) is 0 Å². The molecule has 0 aliphatic carbocycles. The van der Waals surface area contributed by atoms with E-state index in [4.69, 9.17) is 10.8 Å². The van der Waals surface area contributed by atoms with Crippen molar-refractivity contribution in [1.29, 1.82) is 10.8 Å². The van der Waals surface area contributed by atoms with Crippen molar-refractivity contribution < 1.29 is 4.39 Å². The van der Waals surface area contributed by atoms with Crippen LogP contribution >= 0.6 is 15.9 Å². The molecule has 9 heavy (non-hydrogen) atoms. The summed E-state index contributed by atoms with van der Waals surface area (Å²) in [5, 5.41) is 13.2. The Morgan fingerprint density at radius 1 is 1.56 bits per heavy atom. The molecular weight excluding hydrogens is 187 g/mol. The second-order valence-electron chi connectivity index (χ2n) is 1.49. The van der Waals surface area contributed by atoms with Crippen molar-refractivity contribution >= 4 is 26.5 Å². The highest BCUT2D eigenvalue weighted by molar-refractivity contribution is 9.18. The third kappa shape index (κ3) is 4.02. The van der Waals surface area contributed by atoms with E-state index >= 15 is 0 Å². The fraction of sp³-hybridized carbons (Fsp3) is 0.200. The van der Waals surface area contributed by atoms with Gasteiger partial charge in [0, 0.05) is 0 Å². The Morgan fingerprint density at radius 2 is 2.00 bits per heavy atom. The first-order valence-electron chi connectivity index (χ1n) is 2.21. The second-order valence-corrected chi connectivity index (χ2v) is 2.28. The summed E-state index contributed by atoms with van der Waals surface area (Å²) in [5.74, 6) is -1.03. The zero-order valence-corrected chi connectivity index (χ0v) is 6.42. The summed E-state index contributed by atoms with van der Waals surface area (Å²) in [6.07, 6.45) is 0.969. The summed E-state index contributed by atoms with van der Waals surface area (Å²) in [5.41, 5.74) is 0.405. The Labute approximate surface area is 60.9 Å². The van der Waals surface area contributed by atoms with Gasteiger partial charge in [-0.05, 0) is 34.5 Å². The standard InChI is InChI=1S/C5H6BrFN2/c1-3(5(6)9)2-4(7)8/h2,8-9H,1H3/b3-2-,8-4?,9-5?. The molecule has 2 N–H and O–H groups in total. The summed E-state index contributed by atoms with van der Waals surface area (Å²) >= 11 is 2.82. The molecule has 50 valence electrons. The minimum absolute atomic E-state index is 0.102. The quantitative estimate of drug-likeness (QED) is 0.632. The highest BCUT2D eigenvalue weighted by Gasteiger charge is 1.93. The molecule has 0 atom stereocenters. The lowest BCUT2D eigenvalue weighted by Crippen LogP contribution is -1.88. The number of nitrogens with one attached hydrogen (secondary N) is 2. The van der Waals surface area contributed by atoms with Crippen LogP contribution in [0.25, 0.3) is 0 Å². The number of halogens is 2. The molecular formula is C5H6BrFN2. The third-order valence-electron chi connectivity index (χ3n) is 0.689. The smallest absolute Gasteiger partial charge is 0.205 e. The highest BCUT2D eigenvalue weighted by atomic mass is 79.9. The maximum Gasteiger partial charge on any atom is 0.205 e. The molecule has 0 rings (SSSR count). The predicted molar refractivity (Wildman–Crippen MR) is 39.2 cm³/mol. The minimum Gasteiger partial charge on any atom is -0.293 e. The van der Waals surface area contributed by atoms with Crippen LogP contribution in [0, 0.1) is 10.8 Å². The number of allylic oxidation sites excluding steroid dienone is 2. The van der Waals surface area contributed by atoms with Crippen molar-refractivity contribution in [2.75, 3.05) is 0 Å². The van der Waals surface area contributed by atoms with Gasteiger partial charge in [0.25, 0.3) is 0 Å². The first-order valence-corrected chi connectivity index (χ1v) is 3.00. The fourth-order valence-electron chi connectivity index (χ4n) is 0.253. The van der Waals surface area contributed by atoms with Crippen LogP contribution in [0.1, 0.15) is 6.92 Å². The normalized spacial score (nSPS) is 11.2. The van der Waals surface area contributed by atoms with Crippen molar-refractivity contribution in [3.8, 4) is 0 Å². The van der Waals surface area contributed by atoms with Crippen LogP contribution in [0.3, 0.4) is 0 Å². The van der Waals surface area contributed by atoms with Crippen molar-refractivity contribution in [2.45, 2.75) is 6.92 Å². The monoisotopic (exact) mass is 192 g/mol. The molecule has 0 radical (unpaired) electrons. The van der Waals surface area contributed by atoms with E-state index < -0.39 is 5.97 Å². The minimum atomic E-state index is -1.03. The Bertz CT molecular complexity index is 174. The van der Waals surface area contributed by atoms with Gasteiger partial charge in [0.1, 0.15) is 0 Å². The van der Waals surface area contributed by atoms with E-state index in [1.807, 2.05) is 0 Å². The number of hydrogen-bond acceptors (Lipinski definition) is 2. The fourth-order valence-corrected chi connectivity index (χ4v) is 0.368.